The van der Waals surface area contributed by atoms with Crippen molar-refractivity contribution in [3.05, 3.63) is 23.8 Å². The first kappa shape index (κ1) is 16.8. The Morgan fingerprint density at radius 3 is 2.50 bits per heavy atom. The number of nitrogens with one attached hydrogen (secondary N) is 1. The molecule has 0 unspecified atom stereocenters. The third kappa shape index (κ3) is 3.70. The molecule has 0 radical (unpaired) electrons. The van der Waals surface area contributed by atoms with E-state index in [-0.39, 0.29) is 17.8 Å². The lowest BCUT2D eigenvalue weighted by molar-refractivity contribution is -0.117. The second-order valence-electron chi connectivity index (χ2n) is 6.41. The molecule has 3 rings (SSSR count). The minimum Gasteiger partial charge on any atom is -0.465 e. The second kappa shape index (κ2) is 7.21. The van der Waals surface area contributed by atoms with Crippen molar-refractivity contribution in [2.45, 2.75) is 19.8 Å². The summed E-state index contributed by atoms with van der Waals surface area (Å²) >= 11 is 0. The number of anilines is 2. The molecular formula is C18H25N3O3. The van der Waals surface area contributed by atoms with Crippen LogP contribution in [0.25, 0.3) is 0 Å². The van der Waals surface area contributed by atoms with Gasteiger partial charge in [0, 0.05) is 32.1 Å². The minimum atomic E-state index is -0.390. The monoisotopic (exact) mass is 331 g/mol. The molecule has 2 aliphatic rings. The molecule has 6 heteroatoms. The lowest BCUT2D eigenvalue weighted by atomic mass is 10.1. The van der Waals surface area contributed by atoms with Gasteiger partial charge in [-0.1, -0.05) is 6.92 Å². The van der Waals surface area contributed by atoms with Gasteiger partial charge in [-0.3, -0.25) is 4.79 Å². The summed E-state index contributed by atoms with van der Waals surface area (Å²) in [5, 5.41) is 3.01. The third-order valence-corrected chi connectivity index (χ3v) is 4.78. The molecule has 2 fully saturated rings. The van der Waals surface area contributed by atoms with Gasteiger partial charge in [0.25, 0.3) is 0 Å². The summed E-state index contributed by atoms with van der Waals surface area (Å²) in [5.41, 5.74) is 2.15. The number of ether oxygens (including phenoxy) is 1. The average Bonchev–Trinajstić information content (AvgIpc) is 3.46. The number of nitrogens with zero attached hydrogens (tertiary/aromatic N) is 2. The average molecular weight is 331 g/mol. The molecule has 0 aromatic heterocycles. The van der Waals surface area contributed by atoms with Crippen LogP contribution in [-0.2, 0) is 9.53 Å². The van der Waals surface area contributed by atoms with E-state index in [0.29, 0.717) is 11.3 Å². The second-order valence-corrected chi connectivity index (χ2v) is 6.41. The number of benzene rings is 1. The summed E-state index contributed by atoms with van der Waals surface area (Å²) in [6.07, 6.45) is 1.90. The minimum absolute atomic E-state index is 0.0467. The molecule has 0 spiro atoms. The van der Waals surface area contributed by atoms with Crippen LogP contribution >= 0.6 is 0 Å². The highest BCUT2D eigenvalue weighted by Crippen LogP contribution is 2.33. The largest absolute Gasteiger partial charge is 0.465 e. The van der Waals surface area contributed by atoms with Crippen LogP contribution in [0.2, 0.25) is 0 Å². The Bertz CT molecular complexity index is 620. The van der Waals surface area contributed by atoms with E-state index in [1.807, 2.05) is 6.07 Å². The maximum atomic E-state index is 12.2. The first-order valence-corrected chi connectivity index (χ1v) is 8.63. The first-order chi connectivity index (χ1) is 11.6. The summed E-state index contributed by atoms with van der Waals surface area (Å²) in [7, 11) is 1.36. The van der Waals surface area contributed by atoms with Crippen molar-refractivity contribution < 1.29 is 14.3 Å². The normalized spacial score (nSPS) is 18.3. The fraction of sp³-hybridized carbons (Fsp3) is 0.556. The molecule has 1 N–H and O–H groups in total. The van der Waals surface area contributed by atoms with Crippen LogP contribution in [0.15, 0.2) is 18.2 Å². The van der Waals surface area contributed by atoms with Gasteiger partial charge in [0.15, 0.2) is 0 Å². The fourth-order valence-corrected chi connectivity index (χ4v) is 3.04. The van der Waals surface area contributed by atoms with Crippen molar-refractivity contribution in [3.8, 4) is 0 Å². The van der Waals surface area contributed by atoms with Gasteiger partial charge in [0.1, 0.15) is 0 Å². The zero-order valence-corrected chi connectivity index (χ0v) is 14.4. The predicted octanol–water partition coefficient (Wildman–Crippen LogP) is 1.96. The summed E-state index contributed by atoms with van der Waals surface area (Å²) in [4.78, 5) is 28.7. The predicted molar refractivity (Wildman–Crippen MR) is 93.5 cm³/mol. The number of hydrogen-bond acceptors (Lipinski definition) is 5. The zero-order chi connectivity index (χ0) is 17.1. The van der Waals surface area contributed by atoms with E-state index < -0.39 is 0 Å². The number of hydrogen-bond donors (Lipinski definition) is 1. The topological polar surface area (TPSA) is 61.9 Å². The zero-order valence-electron chi connectivity index (χ0n) is 14.4. The summed E-state index contributed by atoms with van der Waals surface area (Å²) in [5.74, 6) is -0.221. The van der Waals surface area contributed by atoms with Gasteiger partial charge in [-0.25, -0.2) is 4.79 Å². The van der Waals surface area contributed by atoms with Crippen molar-refractivity contribution in [2.75, 3.05) is 50.1 Å². The number of amides is 1. The van der Waals surface area contributed by atoms with Crippen molar-refractivity contribution in [1.29, 1.82) is 0 Å². The van der Waals surface area contributed by atoms with Crippen molar-refractivity contribution in [3.63, 3.8) is 0 Å². The van der Waals surface area contributed by atoms with E-state index in [4.69, 9.17) is 4.74 Å². The molecule has 1 aliphatic carbocycles. The molecule has 0 atom stereocenters. The van der Waals surface area contributed by atoms with Crippen LogP contribution < -0.4 is 10.2 Å². The van der Waals surface area contributed by atoms with E-state index in [0.717, 1.165) is 51.3 Å². The Labute approximate surface area is 142 Å². The van der Waals surface area contributed by atoms with Crippen LogP contribution in [0.3, 0.4) is 0 Å². The molecule has 1 aromatic rings. The van der Waals surface area contributed by atoms with Crippen molar-refractivity contribution in [2.24, 2.45) is 5.92 Å². The van der Waals surface area contributed by atoms with Crippen LogP contribution in [0.1, 0.15) is 30.1 Å². The van der Waals surface area contributed by atoms with Crippen LogP contribution in [0.5, 0.6) is 0 Å². The summed E-state index contributed by atoms with van der Waals surface area (Å²) < 4.78 is 4.80. The molecule has 1 heterocycles. The molecular weight excluding hydrogens is 306 g/mol. The summed E-state index contributed by atoms with van der Waals surface area (Å²) in [6.45, 7) is 7.06. The quantitative estimate of drug-likeness (QED) is 0.836. The molecule has 1 aliphatic heterocycles. The van der Waals surface area contributed by atoms with Gasteiger partial charge >= 0.3 is 5.97 Å². The smallest absolute Gasteiger partial charge is 0.337 e. The number of rotatable bonds is 5. The van der Waals surface area contributed by atoms with E-state index in [1.165, 1.54) is 7.11 Å². The molecule has 1 amide bonds. The third-order valence-electron chi connectivity index (χ3n) is 4.78. The standard InChI is InChI=1S/C18H25N3O3/c1-3-20-8-10-21(11-9-20)16-7-6-14(18(23)24-2)12-15(16)19-17(22)13-4-5-13/h6-7,12-13H,3-5,8-11H2,1-2H3,(H,19,22). The number of esters is 1. The summed E-state index contributed by atoms with van der Waals surface area (Å²) in [6, 6.07) is 5.41. The molecule has 1 saturated heterocycles. The van der Waals surface area contributed by atoms with Gasteiger partial charge in [-0.2, -0.15) is 0 Å². The molecule has 1 saturated carbocycles. The lowest BCUT2D eigenvalue weighted by Crippen LogP contribution is -2.46. The van der Waals surface area contributed by atoms with E-state index in [1.54, 1.807) is 12.1 Å². The highest BCUT2D eigenvalue weighted by atomic mass is 16.5. The SMILES string of the molecule is CCN1CCN(c2ccc(C(=O)OC)cc2NC(=O)C2CC2)CC1. The molecule has 130 valence electrons. The molecule has 24 heavy (non-hydrogen) atoms. The highest BCUT2D eigenvalue weighted by molar-refractivity contribution is 5.99. The Morgan fingerprint density at radius 2 is 1.92 bits per heavy atom. The molecule has 1 aromatic carbocycles. The van der Waals surface area contributed by atoms with Gasteiger partial charge in [-0.15, -0.1) is 0 Å². The van der Waals surface area contributed by atoms with Crippen LogP contribution in [0, 0.1) is 5.92 Å². The van der Waals surface area contributed by atoms with Gasteiger partial charge in [-0.05, 0) is 37.6 Å². The maximum absolute atomic E-state index is 12.2. The number of piperazine rings is 1. The van der Waals surface area contributed by atoms with E-state index >= 15 is 0 Å². The highest BCUT2D eigenvalue weighted by Gasteiger charge is 2.30. The Kier molecular flexibility index (Phi) is 5.04. The van der Waals surface area contributed by atoms with E-state index in [2.05, 4.69) is 22.0 Å². The number of carbonyl (C=O) groups is 2. The lowest BCUT2D eigenvalue weighted by Gasteiger charge is -2.36. The van der Waals surface area contributed by atoms with Crippen LogP contribution in [-0.4, -0.2) is 56.6 Å². The number of methoxy groups -OCH3 is 1. The van der Waals surface area contributed by atoms with Crippen molar-refractivity contribution in [1.82, 2.24) is 4.90 Å². The Hall–Kier alpha value is -2.08. The van der Waals surface area contributed by atoms with Gasteiger partial charge in [0.2, 0.25) is 5.91 Å². The number of carbonyl (C=O) groups excluding carboxylic acids is 2. The molecule has 6 nitrogen and oxygen atoms in total. The van der Waals surface area contributed by atoms with E-state index in [9.17, 15) is 9.59 Å². The van der Waals surface area contributed by atoms with Crippen LogP contribution in [0.4, 0.5) is 11.4 Å². The molecule has 0 bridgehead atoms. The Balaban J connectivity index is 1.83. The first-order valence-electron chi connectivity index (χ1n) is 8.63. The van der Waals surface area contributed by atoms with Crippen molar-refractivity contribution >= 4 is 23.3 Å². The number of likely N-dealkylation sites (N-methyl/N-ethyl adjacent to an activating group) is 1. The van der Waals surface area contributed by atoms with Gasteiger partial charge in [0.05, 0.1) is 24.0 Å². The Morgan fingerprint density at radius 1 is 1.21 bits per heavy atom. The maximum Gasteiger partial charge on any atom is 0.337 e. The fourth-order valence-electron chi connectivity index (χ4n) is 3.04. The van der Waals surface area contributed by atoms with Gasteiger partial charge < -0.3 is 19.9 Å².